The van der Waals surface area contributed by atoms with Gasteiger partial charge >= 0.3 is 0 Å². The number of hydrogen-bond acceptors (Lipinski definition) is 2. The molecular weight excluding hydrogens is 236 g/mol. The summed E-state index contributed by atoms with van der Waals surface area (Å²) in [6.45, 7) is 7.42. The Morgan fingerprint density at radius 3 is 2.42 bits per heavy atom. The summed E-state index contributed by atoms with van der Waals surface area (Å²) in [5, 5.41) is 6.09. The smallest absolute Gasteiger partial charge is 0.256 e. The van der Waals surface area contributed by atoms with Crippen LogP contribution >= 0.6 is 0 Å². The molecule has 0 atom stereocenters. The summed E-state index contributed by atoms with van der Waals surface area (Å²) in [6, 6.07) is 7.83. The van der Waals surface area contributed by atoms with E-state index in [0.717, 1.165) is 25.2 Å². The van der Waals surface area contributed by atoms with Crippen molar-refractivity contribution in [3.8, 4) is 0 Å². The molecule has 1 heterocycles. The van der Waals surface area contributed by atoms with E-state index in [-0.39, 0.29) is 11.3 Å². The van der Waals surface area contributed by atoms with Gasteiger partial charge in [-0.05, 0) is 42.0 Å². The van der Waals surface area contributed by atoms with E-state index in [2.05, 4.69) is 31.4 Å². The molecule has 102 valence electrons. The van der Waals surface area contributed by atoms with Gasteiger partial charge in [-0.15, -0.1) is 0 Å². The SMILES string of the molecule is CC(C)(C)c1ccc(C(=O)NC2=CCCCN2)cc1. The summed E-state index contributed by atoms with van der Waals surface area (Å²) < 4.78 is 0. The number of carbonyl (C=O) groups is 1. The molecule has 0 aromatic heterocycles. The topological polar surface area (TPSA) is 41.1 Å². The normalized spacial score (nSPS) is 15.4. The summed E-state index contributed by atoms with van der Waals surface area (Å²) in [5.41, 5.74) is 2.04. The minimum atomic E-state index is -0.0545. The molecule has 0 spiro atoms. The van der Waals surface area contributed by atoms with E-state index in [1.165, 1.54) is 5.56 Å². The Kier molecular flexibility index (Phi) is 3.93. The molecule has 19 heavy (non-hydrogen) atoms. The fraction of sp³-hybridized carbons (Fsp3) is 0.438. The second-order valence-corrected chi connectivity index (χ2v) is 5.97. The largest absolute Gasteiger partial charge is 0.372 e. The zero-order valence-corrected chi connectivity index (χ0v) is 11.9. The fourth-order valence-corrected chi connectivity index (χ4v) is 2.05. The molecule has 0 unspecified atom stereocenters. The van der Waals surface area contributed by atoms with Crippen molar-refractivity contribution in [2.45, 2.75) is 39.0 Å². The maximum absolute atomic E-state index is 12.1. The van der Waals surface area contributed by atoms with Crippen LogP contribution in [0.3, 0.4) is 0 Å². The van der Waals surface area contributed by atoms with Crippen molar-refractivity contribution in [3.63, 3.8) is 0 Å². The van der Waals surface area contributed by atoms with Crippen LogP contribution in [0, 0.1) is 0 Å². The molecule has 1 amide bonds. The zero-order chi connectivity index (χ0) is 13.9. The fourth-order valence-electron chi connectivity index (χ4n) is 2.05. The number of benzene rings is 1. The molecule has 3 nitrogen and oxygen atoms in total. The molecule has 1 aliphatic rings. The number of amides is 1. The lowest BCUT2D eigenvalue weighted by Crippen LogP contribution is -2.33. The van der Waals surface area contributed by atoms with Crippen LogP contribution in [0.25, 0.3) is 0 Å². The van der Waals surface area contributed by atoms with E-state index in [1.807, 2.05) is 30.3 Å². The first-order valence-electron chi connectivity index (χ1n) is 6.83. The van der Waals surface area contributed by atoms with Crippen molar-refractivity contribution in [1.82, 2.24) is 10.6 Å². The van der Waals surface area contributed by atoms with E-state index in [4.69, 9.17) is 0 Å². The Hall–Kier alpha value is -1.77. The third-order valence-corrected chi connectivity index (χ3v) is 3.31. The van der Waals surface area contributed by atoms with Crippen molar-refractivity contribution < 1.29 is 4.79 Å². The maximum Gasteiger partial charge on any atom is 0.256 e. The number of carbonyl (C=O) groups excluding carboxylic acids is 1. The van der Waals surface area contributed by atoms with E-state index in [1.54, 1.807) is 0 Å². The van der Waals surface area contributed by atoms with Crippen LogP contribution in [0.2, 0.25) is 0 Å². The molecule has 2 N–H and O–H groups in total. The Bertz CT molecular complexity index is 480. The van der Waals surface area contributed by atoms with E-state index >= 15 is 0 Å². The Morgan fingerprint density at radius 1 is 1.21 bits per heavy atom. The van der Waals surface area contributed by atoms with Crippen LogP contribution in [0.5, 0.6) is 0 Å². The summed E-state index contributed by atoms with van der Waals surface area (Å²) in [4.78, 5) is 12.1. The lowest BCUT2D eigenvalue weighted by molar-refractivity contribution is 0.0962. The van der Waals surface area contributed by atoms with Crippen molar-refractivity contribution in [2.75, 3.05) is 6.54 Å². The van der Waals surface area contributed by atoms with E-state index in [0.29, 0.717) is 5.56 Å². The van der Waals surface area contributed by atoms with Crippen LogP contribution < -0.4 is 10.6 Å². The first-order valence-corrected chi connectivity index (χ1v) is 6.83. The number of nitrogens with one attached hydrogen (secondary N) is 2. The minimum Gasteiger partial charge on any atom is -0.372 e. The van der Waals surface area contributed by atoms with Gasteiger partial charge in [0.15, 0.2) is 0 Å². The lowest BCUT2D eigenvalue weighted by atomic mass is 9.87. The molecule has 1 aromatic rings. The molecule has 0 saturated heterocycles. The first kappa shape index (κ1) is 13.7. The van der Waals surface area contributed by atoms with Crippen molar-refractivity contribution in [2.24, 2.45) is 0 Å². The molecule has 3 heteroatoms. The Labute approximate surface area is 115 Å². The molecule has 2 rings (SSSR count). The van der Waals surface area contributed by atoms with Gasteiger partial charge in [0.2, 0.25) is 0 Å². The molecule has 1 aliphatic heterocycles. The second kappa shape index (κ2) is 5.47. The van der Waals surface area contributed by atoms with Crippen LogP contribution in [-0.4, -0.2) is 12.5 Å². The molecular formula is C16H22N2O. The van der Waals surface area contributed by atoms with Gasteiger partial charge < -0.3 is 10.6 Å². The van der Waals surface area contributed by atoms with Crippen LogP contribution in [0.15, 0.2) is 36.2 Å². The average Bonchev–Trinajstić information content (AvgIpc) is 2.39. The highest BCUT2D eigenvalue weighted by Crippen LogP contribution is 2.22. The van der Waals surface area contributed by atoms with Crippen LogP contribution in [-0.2, 0) is 5.41 Å². The summed E-state index contributed by atoms with van der Waals surface area (Å²) >= 11 is 0. The highest BCUT2D eigenvalue weighted by Gasteiger charge is 2.14. The third kappa shape index (κ3) is 3.60. The van der Waals surface area contributed by atoms with Gasteiger partial charge in [0.25, 0.3) is 5.91 Å². The highest BCUT2D eigenvalue weighted by molar-refractivity contribution is 5.95. The van der Waals surface area contributed by atoms with Gasteiger partial charge in [-0.25, -0.2) is 0 Å². The summed E-state index contributed by atoms with van der Waals surface area (Å²) in [5.74, 6) is 0.775. The number of hydrogen-bond donors (Lipinski definition) is 2. The standard InChI is InChI=1S/C16H22N2O/c1-16(2,3)13-9-7-12(8-10-13)15(19)18-14-6-4-5-11-17-14/h6-10,17H,4-5,11H2,1-3H3,(H,18,19). The molecule has 0 aliphatic carbocycles. The number of rotatable bonds is 2. The van der Waals surface area contributed by atoms with Gasteiger partial charge in [-0.2, -0.15) is 0 Å². The van der Waals surface area contributed by atoms with E-state index in [9.17, 15) is 4.79 Å². The minimum absolute atomic E-state index is 0.0545. The third-order valence-electron chi connectivity index (χ3n) is 3.31. The lowest BCUT2D eigenvalue weighted by Gasteiger charge is -2.19. The van der Waals surface area contributed by atoms with Crippen molar-refractivity contribution in [3.05, 3.63) is 47.3 Å². The summed E-state index contributed by atoms with van der Waals surface area (Å²) in [7, 11) is 0. The first-order chi connectivity index (χ1) is 8.97. The van der Waals surface area contributed by atoms with E-state index < -0.39 is 0 Å². The number of allylic oxidation sites excluding steroid dienone is 1. The van der Waals surface area contributed by atoms with Gasteiger partial charge in [0, 0.05) is 12.1 Å². The predicted octanol–water partition coefficient (Wildman–Crippen LogP) is 2.94. The average molecular weight is 258 g/mol. The van der Waals surface area contributed by atoms with Crippen LogP contribution in [0.4, 0.5) is 0 Å². The monoisotopic (exact) mass is 258 g/mol. The maximum atomic E-state index is 12.1. The highest BCUT2D eigenvalue weighted by atomic mass is 16.1. The summed E-state index contributed by atoms with van der Waals surface area (Å²) in [6.07, 6.45) is 4.18. The molecule has 0 saturated carbocycles. The molecule has 0 fully saturated rings. The van der Waals surface area contributed by atoms with Crippen LogP contribution in [0.1, 0.15) is 49.5 Å². The second-order valence-electron chi connectivity index (χ2n) is 5.97. The molecule has 0 radical (unpaired) electrons. The van der Waals surface area contributed by atoms with Gasteiger partial charge in [0.05, 0.1) is 0 Å². The quantitative estimate of drug-likeness (QED) is 0.856. The van der Waals surface area contributed by atoms with Gasteiger partial charge in [-0.3, -0.25) is 4.79 Å². The predicted molar refractivity (Wildman–Crippen MR) is 77.9 cm³/mol. The molecule has 0 bridgehead atoms. The van der Waals surface area contributed by atoms with Crippen molar-refractivity contribution in [1.29, 1.82) is 0 Å². The Balaban J connectivity index is 2.05. The van der Waals surface area contributed by atoms with Crippen molar-refractivity contribution >= 4 is 5.91 Å². The Morgan fingerprint density at radius 2 is 1.89 bits per heavy atom. The molecule has 1 aromatic carbocycles. The van der Waals surface area contributed by atoms with Gasteiger partial charge in [-0.1, -0.05) is 32.9 Å². The van der Waals surface area contributed by atoms with Gasteiger partial charge in [0.1, 0.15) is 5.82 Å². The zero-order valence-electron chi connectivity index (χ0n) is 11.9.